The van der Waals surface area contributed by atoms with Gasteiger partial charge >= 0.3 is 0 Å². The molecule has 0 amide bonds. The smallest absolute Gasteiger partial charge is 0.0472 e. The molecule has 1 heterocycles. The molecule has 0 spiro atoms. The highest BCUT2D eigenvalue weighted by Crippen LogP contribution is 2.19. The Hall–Kier alpha value is -0.120. The first-order valence-corrected chi connectivity index (χ1v) is 6.02. The van der Waals surface area contributed by atoms with E-state index in [0.29, 0.717) is 18.6 Å². The number of aliphatic hydroxyl groups is 1. The maximum atomic E-state index is 9.25. The zero-order valence-electron chi connectivity index (χ0n) is 10.6. The summed E-state index contributed by atoms with van der Waals surface area (Å²) in [6.45, 7) is 8.17. The molecule has 90 valence electrons. The van der Waals surface area contributed by atoms with E-state index in [-0.39, 0.29) is 0 Å². The van der Waals surface area contributed by atoms with Gasteiger partial charge in [-0.25, -0.2) is 0 Å². The molecule has 0 aromatic heterocycles. The summed E-state index contributed by atoms with van der Waals surface area (Å²) in [7, 11) is 4.36. The lowest BCUT2D eigenvalue weighted by Crippen LogP contribution is -2.49. The van der Waals surface area contributed by atoms with Crippen molar-refractivity contribution >= 4 is 0 Å². The molecule has 0 aromatic rings. The Morgan fingerprint density at radius 3 is 2.60 bits per heavy atom. The lowest BCUT2D eigenvalue weighted by molar-refractivity contribution is 0.0638. The normalized spacial score (nSPS) is 29.0. The number of likely N-dealkylation sites (N-methyl/N-ethyl adjacent to an activating group) is 2. The predicted octanol–water partition coefficient (Wildman–Crippen LogP) is 0.887. The van der Waals surface area contributed by atoms with Gasteiger partial charge in [-0.1, -0.05) is 13.8 Å². The Bertz CT molecular complexity index is 184. The molecule has 1 aliphatic heterocycles. The number of rotatable bonds is 4. The molecular formula is C12H26N2O. The summed E-state index contributed by atoms with van der Waals surface area (Å²) in [5, 5.41) is 9.25. The van der Waals surface area contributed by atoms with Crippen LogP contribution in [0.1, 0.15) is 20.3 Å². The van der Waals surface area contributed by atoms with Crippen molar-refractivity contribution in [1.29, 1.82) is 0 Å². The van der Waals surface area contributed by atoms with Crippen molar-refractivity contribution < 1.29 is 5.11 Å². The van der Waals surface area contributed by atoms with Crippen LogP contribution in [0.25, 0.3) is 0 Å². The number of piperidine rings is 1. The van der Waals surface area contributed by atoms with E-state index in [1.165, 1.54) is 0 Å². The fraction of sp³-hybridized carbons (Fsp3) is 1.00. The summed E-state index contributed by atoms with van der Waals surface area (Å²) in [5.74, 6) is 1.18. The minimum Gasteiger partial charge on any atom is -0.396 e. The van der Waals surface area contributed by atoms with E-state index < -0.39 is 0 Å². The minimum absolute atomic E-state index is 0.330. The van der Waals surface area contributed by atoms with E-state index in [1.807, 2.05) is 0 Å². The van der Waals surface area contributed by atoms with Crippen molar-refractivity contribution in [2.24, 2.45) is 11.8 Å². The van der Waals surface area contributed by atoms with Crippen molar-refractivity contribution in [1.82, 2.24) is 9.80 Å². The Morgan fingerprint density at radius 1 is 1.40 bits per heavy atom. The van der Waals surface area contributed by atoms with Crippen LogP contribution in [0, 0.1) is 11.8 Å². The van der Waals surface area contributed by atoms with E-state index in [1.54, 1.807) is 0 Å². The zero-order chi connectivity index (χ0) is 11.4. The third-order valence-electron chi connectivity index (χ3n) is 3.23. The van der Waals surface area contributed by atoms with E-state index in [4.69, 9.17) is 0 Å². The predicted molar refractivity (Wildman–Crippen MR) is 63.9 cm³/mol. The highest BCUT2D eigenvalue weighted by molar-refractivity contribution is 4.82. The number of nitrogens with zero attached hydrogens (tertiary/aromatic N) is 2. The third kappa shape index (κ3) is 4.09. The van der Waals surface area contributed by atoms with Crippen molar-refractivity contribution in [3.05, 3.63) is 0 Å². The molecule has 3 nitrogen and oxygen atoms in total. The van der Waals surface area contributed by atoms with Crippen molar-refractivity contribution in [2.45, 2.75) is 26.3 Å². The first-order valence-electron chi connectivity index (χ1n) is 6.02. The van der Waals surface area contributed by atoms with Gasteiger partial charge in [0.15, 0.2) is 0 Å². The van der Waals surface area contributed by atoms with Crippen LogP contribution < -0.4 is 0 Å². The average molecular weight is 214 g/mol. The second kappa shape index (κ2) is 5.83. The fourth-order valence-electron chi connectivity index (χ4n) is 2.59. The van der Waals surface area contributed by atoms with Gasteiger partial charge in [-0.3, -0.25) is 0 Å². The van der Waals surface area contributed by atoms with Crippen LogP contribution in [0.2, 0.25) is 0 Å². The van der Waals surface area contributed by atoms with Crippen LogP contribution in [0.3, 0.4) is 0 Å². The summed E-state index contributed by atoms with van der Waals surface area (Å²) >= 11 is 0. The Labute approximate surface area is 94.1 Å². The molecule has 0 saturated carbocycles. The molecule has 1 aliphatic rings. The van der Waals surface area contributed by atoms with Crippen LogP contribution >= 0.6 is 0 Å². The number of hydrogen-bond donors (Lipinski definition) is 1. The van der Waals surface area contributed by atoms with Crippen molar-refractivity contribution in [2.75, 3.05) is 40.3 Å². The van der Waals surface area contributed by atoms with E-state index in [9.17, 15) is 5.11 Å². The lowest BCUT2D eigenvalue weighted by atomic mass is 9.94. The molecule has 1 fully saturated rings. The Balaban J connectivity index is 2.46. The molecule has 3 heteroatoms. The topological polar surface area (TPSA) is 26.7 Å². The van der Waals surface area contributed by atoms with Crippen molar-refractivity contribution in [3.63, 3.8) is 0 Å². The van der Waals surface area contributed by atoms with E-state index >= 15 is 0 Å². The summed E-state index contributed by atoms with van der Waals surface area (Å²) in [5.41, 5.74) is 0. The highest BCUT2D eigenvalue weighted by atomic mass is 16.3. The third-order valence-corrected chi connectivity index (χ3v) is 3.23. The monoisotopic (exact) mass is 214 g/mol. The molecule has 0 aliphatic carbocycles. The van der Waals surface area contributed by atoms with Gasteiger partial charge in [0, 0.05) is 32.3 Å². The van der Waals surface area contributed by atoms with Crippen molar-refractivity contribution in [3.8, 4) is 0 Å². The van der Waals surface area contributed by atoms with E-state index in [0.717, 1.165) is 32.0 Å². The Morgan fingerprint density at radius 2 is 2.07 bits per heavy atom. The number of likely N-dealkylation sites (tertiary alicyclic amines) is 1. The zero-order valence-corrected chi connectivity index (χ0v) is 10.6. The quantitative estimate of drug-likeness (QED) is 0.753. The first-order chi connectivity index (χ1) is 7.02. The second-order valence-electron chi connectivity index (χ2n) is 5.49. The van der Waals surface area contributed by atoms with Crippen LogP contribution in [0.15, 0.2) is 0 Å². The second-order valence-corrected chi connectivity index (χ2v) is 5.49. The maximum absolute atomic E-state index is 9.25. The molecule has 0 bridgehead atoms. The molecule has 1 N–H and O–H groups in total. The average Bonchev–Trinajstić information content (AvgIpc) is 2.15. The summed E-state index contributed by atoms with van der Waals surface area (Å²) < 4.78 is 0. The maximum Gasteiger partial charge on any atom is 0.0472 e. The van der Waals surface area contributed by atoms with Gasteiger partial charge in [-0.05, 0) is 32.4 Å². The van der Waals surface area contributed by atoms with Gasteiger partial charge in [0.25, 0.3) is 0 Å². The van der Waals surface area contributed by atoms with Gasteiger partial charge in [0.05, 0.1) is 0 Å². The molecule has 0 aromatic carbocycles. The molecule has 0 radical (unpaired) electrons. The van der Waals surface area contributed by atoms with Gasteiger partial charge < -0.3 is 14.9 Å². The van der Waals surface area contributed by atoms with E-state index in [2.05, 4.69) is 37.7 Å². The molecule has 15 heavy (non-hydrogen) atoms. The summed E-state index contributed by atoms with van der Waals surface area (Å²) in [6, 6.07) is 0.614. The Kier molecular flexibility index (Phi) is 5.03. The first kappa shape index (κ1) is 12.9. The van der Waals surface area contributed by atoms with Crippen LogP contribution in [-0.4, -0.2) is 61.3 Å². The van der Waals surface area contributed by atoms with Crippen LogP contribution in [-0.2, 0) is 0 Å². The van der Waals surface area contributed by atoms with Gasteiger partial charge in [0.1, 0.15) is 0 Å². The van der Waals surface area contributed by atoms with Crippen LogP contribution in [0.5, 0.6) is 0 Å². The molecule has 1 rings (SSSR count). The van der Waals surface area contributed by atoms with Crippen LogP contribution in [0.4, 0.5) is 0 Å². The minimum atomic E-state index is 0.330. The lowest BCUT2D eigenvalue weighted by Gasteiger charge is -2.40. The summed E-state index contributed by atoms with van der Waals surface area (Å²) in [4.78, 5) is 4.79. The number of aliphatic hydroxyl groups excluding tert-OH is 1. The van der Waals surface area contributed by atoms with Gasteiger partial charge in [-0.15, -0.1) is 0 Å². The number of hydrogen-bond acceptors (Lipinski definition) is 3. The molecule has 2 unspecified atom stereocenters. The largest absolute Gasteiger partial charge is 0.396 e. The standard InChI is InChI=1S/C12H26N2O/c1-10(2)6-14(4)12-5-11(9-15)7-13(3)8-12/h10-12,15H,5-9H2,1-4H3. The molecule has 2 atom stereocenters. The fourth-order valence-corrected chi connectivity index (χ4v) is 2.59. The highest BCUT2D eigenvalue weighted by Gasteiger charge is 2.27. The van der Waals surface area contributed by atoms with Gasteiger partial charge in [0.2, 0.25) is 0 Å². The summed E-state index contributed by atoms with van der Waals surface area (Å²) in [6.07, 6.45) is 1.14. The SMILES string of the molecule is CC(C)CN(C)C1CC(CO)CN(C)C1. The molecular weight excluding hydrogens is 188 g/mol. The molecule has 1 saturated heterocycles. The van der Waals surface area contributed by atoms with Gasteiger partial charge in [-0.2, -0.15) is 0 Å².